The molecule has 0 amide bonds. The lowest BCUT2D eigenvalue weighted by molar-refractivity contribution is 0.138. The molecule has 0 spiro atoms. The number of thiophene rings is 1. The van der Waals surface area contributed by atoms with Gasteiger partial charge in [-0.3, -0.25) is 5.32 Å². The van der Waals surface area contributed by atoms with Crippen LogP contribution in [0.25, 0.3) is 21.7 Å². The molecule has 4 aromatic rings. The van der Waals surface area contributed by atoms with Gasteiger partial charge in [0.15, 0.2) is 0 Å². The second-order valence-corrected chi connectivity index (χ2v) is 6.93. The lowest BCUT2D eigenvalue weighted by Gasteiger charge is -2.14. The van der Waals surface area contributed by atoms with Gasteiger partial charge in [-0.2, -0.15) is 0 Å². The molecule has 5 nitrogen and oxygen atoms in total. The van der Waals surface area contributed by atoms with Crippen LogP contribution in [0.1, 0.15) is 17.4 Å². The van der Waals surface area contributed by atoms with Crippen LogP contribution in [0, 0.1) is 11.6 Å². The van der Waals surface area contributed by atoms with Crippen molar-refractivity contribution in [1.29, 1.82) is 0 Å². The minimum absolute atomic E-state index is 0.00213. The average Bonchev–Trinajstić information content (AvgIpc) is 3.31. The fraction of sp³-hybridized carbons (Fsp3) is 0.105. The van der Waals surface area contributed by atoms with Crippen LogP contribution in [0.5, 0.6) is 5.75 Å². The Morgan fingerprint density at radius 3 is 2.78 bits per heavy atom. The Morgan fingerprint density at radius 2 is 2.04 bits per heavy atom. The van der Waals surface area contributed by atoms with Gasteiger partial charge in [0.25, 0.3) is 0 Å². The van der Waals surface area contributed by atoms with E-state index in [4.69, 9.17) is 0 Å². The molecule has 0 saturated carbocycles. The molecule has 2 aromatic carbocycles. The molecule has 27 heavy (non-hydrogen) atoms. The first-order valence-corrected chi connectivity index (χ1v) is 9.01. The Morgan fingerprint density at radius 1 is 1.19 bits per heavy atom. The molecule has 0 aliphatic carbocycles. The van der Waals surface area contributed by atoms with E-state index in [0.717, 1.165) is 17.0 Å². The quantitative estimate of drug-likeness (QED) is 0.390. The van der Waals surface area contributed by atoms with E-state index < -0.39 is 17.9 Å². The number of rotatable bonds is 5. The maximum atomic E-state index is 13.8. The van der Waals surface area contributed by atoms with E-state index in [9.17, 15) is 19.0 Å². The Bertz CT molecular complexity index is 1100. The van der Waals surface area contributed by atoms with E-state index in [1.165, 1.54) is 23.5 Å². The molecule has 4 rings (SSSR count). The molecular weight excluding hydrogens is 372 g/mol. The number of hydrogen-bond donors (Lipinski definition) is 4. The van der Waals surface area contributed by atoms with Crippen molar-refractivity contribution < 1.29 is 19.0 Å². The number of imidazole rings is 1. The zero-order valence-electron chi connectivity index (χ0n) is 13.9. The number of fused-ring (bicyclic) bond motifs is 1. The van der Waals surface area contributed by atoms with Crippen LogP contribution < -0.4 is 5.32 Å². The minimum Gasteiger partial charge on any atom is -0.506 e. The van der Waals surface area contributed by atoms with Gasteiger partial charge in [-0.15, -0.1) is 11.3 Å². The fourth-order valence-electron chi connectivity index (χ4n) is 2.83. The number of phenolic OH excluding ortho intramolecular Hbond substituents is 1. The van der Waals surface area contributed by atoms with E-state index in [2.05, 4.69) is 15.3 Å². The first-order valence-electron chi connectivity index (χ1n) is 8.14. The normalized spacial score (nSPS) is 12.6. The largest absolute Gasteiger partial charge is 0.506 e. The molecule has 138 valence electrons. The number of aromatic amines is 1. The maximum absolute atomic E-state index is 13.8. The van der Waals surface area contributed by atoms with Crippen molar-refractivity contribution in [3.63, 3.8) is 0 Å². The number of hydrogen-bond acceptors (Lipinski definition) is 5. The number of aliphatic hydroxyl groups is 1. The van der Waals surface area contributed by atoms with Gasteiger partial charge in [-0.05, 0) is 29.6 Å². The number of nitrogens with one attached hydrogen (secondary N) is 2. The van der Waals surface area contributed by atoms with Crippen LogP contribution in [0.4, 0.5) is 8.78 Å². The second kappa shape index (κ2) is 7.07. The molecule has 8 heteroatoms. The summed E-state index contributed by atoms with van der Waals surface area (Å²) in [6.45, 7) is -0.00213. The lowest BCUT2D eigenvalue weighted by atomic mass is 10.1. The van der Waals surface area contributed by atoms with E-state index in [-0.39, 0.29) is 17.9 Å². The Kier molecular flexibility index (Phi) is 4.61. The standard InChI is InChI=1S/C19H15F2N3O2S/c20-11-4-3-10(13(21)8-11)9-22-19(26)12-5-6-14(25)17-16(12)23-18(24-17)15-2-1-7-27-15/h1-8,19,22,25-26H,9H2,(H,23,24). The fourth-order valence-corrected chi connectivity index (χ4v) is 3.50. The topological polar surface area (TPSA) is 81.2 Å². The number of halogens is 2. The van der Waals surface area contributed by atoms with Gasteiger partial charge in [-0.25, -0.2) is 13.8 Å². The monoisotopic (exact) mass is 387 g/mol. The van der Waals surface area contributed by atoms with Crippen LogP contribution in [0.2, 0.25) is 0 Å². The second-order valence-electron chi connectivity index (χ2n) is 5.98. The van der Waals surface area contributed by atoms with Gasteiger partial charge >= 0.3 is 0 Å². The van der Waals surface area contributed by atoms with Crippen LogP contribution in [0.3, 0.4) is 0 Å². The summed E-state index contributed by atoms with van der Waals surface area (Å²) >= 11 is 1.50. The van der Waals surface area contributed by atoms with Gasteiger partial charge in [-0.1, -0.05) is 12.1 Å². The molecule has 0 bridgehead atoms. The van der Waals surface area contributed by atoms with Gasteiger partial charge in [0, 0.05) is 23.7 Å². The maximum Gasteiger partial charge on any atom is 0.148 e. The van der Waals surface area contributed by atoms with Crippen molar-refractivity contribution in [2.75, 3.05) is 0 Å². The van der Waals surface area contributed by atoms with E-state index in [1.54, 1.807) is 6.07 Å². The highest BCUT2D eigenvalue weighted by molar-refractivity contribution is 7.13. The van der Waals surface area contributed by atoms with Crippen LogP contribution >= 0.6 is 11.3 Å². The first-order chi connectivity index (χ1) is 13.0. The van der Waals surface area contributed by atoms with Crippen molar-refractivity contribution in [2.24, 2.45) is 0 Å². The van der Waals surface area contributed by atoms with Crippen molar-refractivity contribution in [3.05, 3.63) is 70.6 Å². The number of benzene rings is 2. The molecule has 0 saturated heterocycles. The average molecular weight is 387 g/mol. The predicted octanol–water partition coefficient (Wildman–Crippen LogP) is 4.06. The Labute approximate surface area is 156 Å². The predicted molar refractivity (Wildman–Crippen MR) is 99.2 cm³/mol. The SMILES string of the molecule is Oc1ccc(C(O)NCc2ccc(F)cc2F)c2nc(-c3cccs3)[nH]c12. The number of phenols is 1. The summed E-state index contributed by atoms with van der Waals surface area (Å²) < 4.78 is 26.8. The molecule has 0 fully saturated rings. The number of aliphatic hydroxyl groups excluding tert-OH is 1. The van der Waals surface area contributed by atoms with E-state index in [1.807, 2.05) is 17.5 Å². The lowest BCUT2D eigenvalue weighted by Crippen LogP contribution is -2.21. The van der Waals surface area contributed by atoms with Crippen molar-refractivity contribution in [3.8, 4) is 16.5 Å². The molecule has 1 atom stereocenters. The molecule has 0 aliphatic rings. The highest BCUT2D eigenvalue weighted by Crippen LogP contribution is 2.32. The number of aromatic hydroxyl groups is 1. The summed E-state index contributed by atoms with van der Waals surface area (Å²) in [7, 11) is 0. The zero-order valence-corrected chi connectivity index (χ0v) is 14.7. The van der Waals surface area contributed by atoms with Crippen LogP contribution in [-0.2, 0) is 6.54 Å². The Hall–Kier alpha value is -2.81. The molecule has 4 N–H and O–H groups in total. The molecule has 2 heterocycles. The summed E-state index contributed by atoms with van der Waals surface area (Å²) in [6.07, 6.45) is -1.16. The van der Waals surface area contributed by atoms with Crippen molar-refractivity contribution in [1.82, 2.24) is 15.3 Å². The molecule has 0 radical (unpaired) electrons. The third-order valence-electron chi connectivity index (χ3n) is 4.20. The van der Waals surface area contributed by atoms with Crippen LogP contribution in [0.15, 0.2) is 47.8 Å². The first kappa shape index (κ1) is 17.6. The van der Waals surface area contributed by atoms with Crippen molar-refractivity contribution >= 4 is 22.4 Å². The number of H-pyrrole nitrogens is 1. The van der Waals surface area contributed by atoms with Gasteiger partial charge in [0.05, 0.1) is 10.4 Å². The third kappa shape index (κ3) is 3.42. The number of aromatic nitrogens is 2. The van der Waals surface area contributed by atoms with Crippen LogP contribution in [-0.4, -0.2) is 20.2 Å². The van der Waals surface area contributed by atoms with E-state index in [0.29, 0.717) is 22.4 Å². The highest BCUT2D eigenvalue weighted by Gasteiger charge is 2.18. The highest BCUT2D eigenvalue weighted by atomic mass is 32.1. The smallest absolute Gasteiger partial charge is 0.148 e. The Balaban J connectivity index is 1.63. The van der Waals surface area contributed by atoms with Gasteiger partial charge < -0.3 is 15.2 Å². The molecule has 2 aromatic heterocycles. The number of nitrogens with zero attached hydrogens (tertiary/aromatic N) is 1. The van der Waals surface area contributed by atoms with E-state index >= 15 is 0 Å². The van der Waals surface area contributed by atoms with Crippen molar-refractivity contribution in [2.45, 2.75) is 12.8 Å². The minimum atomic E-state index is -1.16. The zero-order chi connectivity index (χ0) is 19.0. The summed E-state index contributed by atoms with van der Waals surface area (Å²) in [4.78, 5) is 8.45. The third-order valence-corrected chi connectivity index (χ3v) is 5.08. The summed E-state index contributed by atoms with van der Waals surface area (Å²) in [5, 5.41) is 25.3. The van der Waals surface area contributed by atoms with Gasteiger partial charge in [0.1, 0.15) is 35.0 Å². The molecule has 1 unspecified atom stereocenters. The summed E-state index contributed by atoms with van der Waals surface area (Å²) in [5.41, 5.74) is 1.49. The summed E-state index contributed by atoms with van der Waals surface area (Å²) in [5.74, 6) is -0.750. The molecule has 0 aliphatic heterocycles. The molecular formula is C19H15F2N3O2S. The summed E-state index contributed by atoms with van der Waals surface area (Å²) in [6, 6.07) is 10.1. The van der Waals surface area contributed by atoms with Gasteiger partial charge in [0.2, 0.25) is 0 Å².